The highest BCUT2D eigenvalue weighted by molar-refractivity contribution is 8.14. The fourth-order valence-electron chi connectivity index (χ4n) is 1.16. The molecule has 1 heterocycles. The van der Waals surface area contributed by atoms with Crippen LogP contribution >= 0.6 is 11.8 Å². The third kappa shape index (κ3) is 3.88. The van der Waals surface area contributed by atoms with E-state index in [0.29, 0.717) is 12.1 Å². The first kappa shape index (κ1) is 11.9. The number of amidine groups is 1. The fourth-order valence-corrected chi connectivity index (χ4v) is 2.12. The van der Waals surface area contributed by atoms with Crippen molar-refractivity contribution in [1.29, 1.82) is 0 Å². The normalized spacial score (nSPS) is 25.0. The summed E-state index contributed by atoms with van der Waals surface area (Å²) in [5.41, 5.74) is 0. The molecule has 0 aliphatic carbocycles. The molecule has 1 N–H and O–H groups in total. The van der Waals surface area contributed by atoms with Crippen LogP contribution in [0.2, 0.25) is 0 Å². The van der Waals surface area contributed by atoms with Crippen molar-refractivity contribution in [2.45, 2.75) is 32.9 Å². The fraction of sp³-hybridized carbons (Fsp3) is 0.900. The average molecular weight is 215 g/mol. The van der Waals surface area contributed by atoms with Crippen molar-refractivity contribution < 1.29 is 0 Å². The zero-order valence-electron chi connectivity index (χ0n) is 9.58. The molecule has 1 aliphatic rings. The Balaban J connectivity index is 2.20. The molecule has 0 saturated carbocycles. The van der Waals surface area contributed by atoms with E-state index < -0.39 is 0 Å². The second kappa shape index (κ2) is 5.61. The third-order valence-electron chi connectivity index (χ3n) is 2.43. The SMILES string of the molecule is CC1CSC(=NCCN(C)C(C)C)N1. The topological polar surface area (TPSA) is 27.6 Å². The van der Waals surface area contributed by atoms with Gasteiger partial charge in [0.2, 0.25) is 0 Å². The maximum atomic E-state index is 4.52. The molecule has 4 heteroatoms. The second-order valence-corrected chi connectivity index (χ2v) is 5.13. The minimum Gasteiger partial charge on any atom is -0.362 e. The lowest BCUT2D eigenvalue weighted by Gasteiger charge is -2.19. The van der Waals surface area contributed by atoms with Crippen LogP contribution in [0.1, 0.15) is 20.8 Å². The van der Waals surface area contributed by atoms with Gasteiger partial charge in [-0.3, -0.25) is 4.99 Å². The summed E-state index contributed by atoms with van der Waals surface area (Å²) in [4.78, 5) is 6.84. The Hall–Kier alpha value is -0.220. The number of nitrogens with one attached hydrogen (secondary N) is 1. The van der Waals surface area contributed by atoms with Gasteiger partial charge in [-0.25, -0.2) is 0 Å². The first-order chi connectivity index (χ1) is 6.59. The van der Waals surface area contributed by atoms with Crippen LogP contribution in [-0.4, -0.2) is 48.0 Å². The molecule has 0 spiro atoms. The van der Waals surface area contributed by atoms with E-state index in [4.69, 9.17) is 0 Å². The molecule has 82 valence electrons. The molecule has 1 atom stereocenters. The number of nitrogens with zero attached hydrogens (tertiary/aromatic N) is 2. The van der Waals surface area contributed by atoms with Gasteiger partial charge in [-0.2, -0.15) is 0 Å². The smallest absolute Gasteiger partial charge is 0.156 e. The van der Waals surface area contributed by atoms with Gasteiger partial charge in [0, 0.05) is 24.4 Å². The summed E-state index contributed by atoms with van der Waals surface area (Å²) < 4.78 is 0. The Morgan fingerprint density at radius 1 is 1.64 bits per heavy atom. The monoisotopic (exact) mass is 215 g/mol. The van der Waals surface area contributed by atoms with E-state index in [1.165, 1.54) is 0 Å². The summed E-state index contributed by atoms with van der Waals surface area (Å²) in [5, 5.41) is 4.47. The van der Waals surface area contributed by atoms with E-state index in [1.54, 1.807) is 0 Å². The number of thioether (sulfide) groups is 1. The Labute approximate surface area is 91.3 Å². The van der Waals surface area contributed by atoms with Gasteiger partial charge in [0.25, 0.3) is 0 Å². The second-order valence-electron chi connectivity index (χ2n) is 4.12. The van der Waals surface area contributed by atoms with Gasteiger partial charge in [0.1, 0.15) is 0 Å². The molecule has 1 aliphatic heterocycles. The summed E-state index contributed by atoms with van der Waals surface area (Å²) >= 11 is 1.83. The van der Waals surface area contributed by atoms with E-state index in [1.807, 2.05) is 11.8 Å². The van der Waals surface area contributed by atoms with Gasteiger partial charge < -0.3 is 10.2 Å². The molecule has 1 unspecified atom stereocenters. The van der Waals surface area contributed by atoms with Gasteiger partial charge in [-0.15, -0.1) is 0 Å². The standard InChI is InChI=1S/C10H21N3S/c1-8(2)13(4)6-5-11-10-12-9(3)7-14-10/h8-9H,5-7H2,1-4H3,(H,11,12). The van der Waals surface area contributed by atoms with Gasteiger partial charge in [-0.05, 0) is 27.8 Å². The molecule has 0 amide bonds. The molecule has 0 radical (unpaired) electrons. The summed E-state index contributed by atoms with van der Waals surface area (Å²) in [6.07, 6.45) is 0. The number of hydrogen-bond acceptors (Lipinski definition) is 3. The maximum absolute atomic E-state index is 4.52. The van der Waals surface area contributed by atoms with Gasteiger partial charge in [0.15, 0.2) is 5.17 Å². The average Bonchev–Trinajstić information content (AvgIpc) is 2.51. The minimum atomic E-state index is 0.585. The van der Waals surface area contributed by atoms with Gasteiger partial charge in [-0.1, -0.05) is 11.8 Å². The van der Waals surface area contributed by atoms with Gasteiger partial charge in [0.05, 0.1) is 6.54 Å². The highest BCUT2D eigenvalue weighted by atomic mass is 32.2. The summed E-state index contributed by atoms with van der Waals surface area (Å²) in [6.45, 7) is 8.54. The van der Waals surface area contributed by atoms with E-state index in [0.717, 1.165) is 24.0 Å². The van der Waals surface area contributed by atoms with Crippen LogP contribution in [0, 0.1) is 0 Å². The van der Waals surface area contributed by atoms with Crippen molar-refractivity contribution >= 4 is 16.9 Å². The quantitative estimate of drug-likeness (QED) is 0.768. The zero-order valence-corrected chi connectivity index (χ0v) is 10.4. The van der Waals surface area contributed by atoms with E-state index in [-0.39, 0.29) is 0 Å². The lowest BCUT2D eigenvalue weighted by atomic mass is 10.3. The lowest BCUT2D eigenvalue weighted by Crippen LogP contribution is -2.29. The summed E-state index contributed by atoms with van der Waals surface area (Å²) in [6, 6.07) is 1.19. The summed E-state index contributed by atoms with van der Waals surface area (Å²) in [5.74, 6) is 1.15. The van der Waals surface area contributed by atoms with E-state index >= 15 is 0 Å². The van der Waals surface area contributed by atoms with Crippen LogP contribution < -0.4 is 5.32 Å². The molecule has 0 aromatic rings. The van der Waals surface area contributed by atoms with Crippen LogP contribution in [0.4, 0.5) is 0 Å². The van der Waals surface area contributed by atoms with Crippen molar-refractivity contribution in [3.8, 4) is 0 Å². The van der Waals surface area contributed by atoms with Crippen molar-refractivity contribution in [2.24, 2.45) is 4.99 Å². The third-order valence-corrected chi connectivity index (χ3v) is 3.62. The Morgan fingerprint density at radius 3 is 2.86 bits per heavy atom. The van der Waals surface area contributed by atoms with Crippen molar-refractivity contribution in [1.82, 2.24) is 10.2 Å². The Bertz CT molecular complexity index is 204. The van der Waals surface area contributed by atoms with Crippen LogP contribution in [-0.2, 0) is 0 Å². The largest absolute Gasteiger partial charge is 0.362 e. The minimum absolute atomic E-state index is 0.585. The van der Waals surface area contributed by atoms with Crippen LogP contribution in [0.15, 0.2) is 4.99 Å². The molecule has 0 aromatic heterocycles. The zero-order chi connectivity index (χ0) is 10.6. The van der Waals surface area contributed by atoms with Gasteiger partial charge >= 0.3 is 0 Å². The number of aliphatic imine (C=N–C) groups is 1. The predicted molar refractivity (Wildman–Crippen MR) is 65.1 cm³/mol. The molecule has 1 fully saturated rings. The Morgan fingerprint density at radius 2 is 2.36 bits per heavy atom. The van der Waals surface area contributed by atoms with Crippen molar-refractivity contribution in [3.05, 3.63) is 0 Å². The molecule has 0 aromatic carbocycles. The lowest BCUT2D eigenvalue weighted by molar-refractivity contribution is 0.282. The molecule has 1 rings (SSSR count). The van der Waals surface area contributed by atoms with Crippen LogP contribution in [0.25, 0.3) is 0 Å². The van der Waals surface area contributed by atoms with Crippen LogP contribution in [0.3, 0.4) is 0 Å². The van der Waals surface area contributed by atoms with Crippen molar-refractivity contribution in [3.63, 3.8) is 0 Å². The number of rotatable bonds is 4. The highest BCUT2D eigenvalue weighted by Crippen LogP contribution is 2.12. The maximum Gasteiger partial charge on any atom is 0.156 e. The number of hydrogen-bond donors (Lipinski definition) is 1. The Kier molecular flexibility index (Phi) is 4.75. The first-order valence-corrected chi connectivity index (χ1v) is 6.22. The summed E-state index contributed by atoms with van der Waals surface area (Å²) in [7, 11) is 2.14. The highest BCUT2D eigenvalue weighted by Gasteiger charge is 2.14. The molecule has 3 nitrogen and oxygen atoms in total. The number of likely N-dealkylation sites (N-methyl/N-ethyl adjacent to an activating group) is 1. The molecule has 14 heavy (non-hydrogen) atoms. The van der Waals surface area contributed by atoms with Crippen LogP contribution in [0.5, 0.6) is 0 Å². The first-order valence-electron chi connectivity index (χ1n) is 5.23. The molecular weight excluding hydrogens is 194 g/mol. The van der Waals surface area contributed by atoms with E-state index in [2.05, 4.69) is 43.0 Å². The molecular formula is C10H21N3S. The molecule has 1 saturated heterocycles. The van der Waals surface area contributed by atoms with Crippen molar-refractivity contribution in [2.75, 3.05) is 25.9 Å². The molecule has 0 bridgehead atoms. The van der Waals surface area contributed by atoms with E-state index in [9.17, 15) is 0 Å². The predicted octanol–water partition coefficient (Wildman–Crippen LogP) is 1.41.